The SMILES string of the molecule is COc1ccc(C(=O)N/C(=C\c2ccc(-c3ccccc3[N+](=O)[O-])o2)C(=O)N2CCCCC2)cc1. The number of carbonyl (C=O) groups excluding carboxylic acids is 2. The van der Waals surface area contributed by atoms with E-state index in [1.165, 1.54) is 19.3 Å². The maximum Gasteiger partial charge on any atom is 0.280 e. The van der Waals surface area contributed by atoms with E-state index in [9.17, 15) is 19.7 Å². The van der Waals surface area contributed by atoms with Gasteiger partial charge in [-0.15, -0.1) is 0 Å². The minimum atomic E-state index is -0.478. The molecule has 0 spiro atoms. The largest absolute Gasteiger partial charge is 0.497 e. The summed E-state index contributed by atoms with van der Waals surface area (Å²) in [5.74, 6) is 0.424. The normalized spacial score (nSPS) is 13.9. The molecule has 1 aliphatic heterocycles. The molecule has 1 aliphatic rings. The van der Waals surface area contributed by atoms with Crippen LogP contribution in [0.25, 0.3) is 17.4 Å². The molecule has 1 saturated heterocycles. The van der Waals surface area contributed by atoms with Crippen molar-refractivity contribution in [3.63, 3.8) is 0 Å². The number of hydrogen-bond acceptors (Lipinski definition) is 6. The van der Waals surface area contributed by atoms with E-state index in [-0.39, 0.29) is 28.8 Å². The Balaban J connectivity index is 1.64. The van der Waals surface area contributed by atoms with Gasteiger partial charge in [0.2, 0.25) is 0 Å². The minimum Gasteiger partial charge on any atom is -0.497 e. The van der Waals surface area contributed by atoms with Crippen LogP contribution in [0.4, 0.5) is 5.69 Å². The fraction of sp³-hybridized carbons (Fsp3) is 0.231. The van der Waals surface area contributed by atoms with Gasteiger partial charge in [-0.05, 0) is 61.7 Å². The summed E-state index contributed by atoms with van der Waals surface area (Å²) in [7, 11) is 1.54. The van der Waals surface area contributed by atoms with Crippen LogP contribution in [0.1, 0.15) is 35.4 Å². The van der Waals surface area contributed by atoms with Crippen molar-refractivity contribution >= 4 is 23.6 Å². The molecule has 9 nitrogen and oxygen atoms in total. The summed E-state index contributed by atoms with van der Waals surface area (Å²) in [6.07, 6.45) is 4.30. The van der Waals surface area contributed by atoms with Crippen LogP contribution < -0.4 is 10.1 Å². The van der Waals surface area contributed by atoms with Crippen LogP contribution in [0.15, 0.2) is 70.8 Å². The Bertz CT molecular complexity index is 1260. The predicted octanol–water partition coefficient (Wildman–Crippen LogP) is 4.65. The lowest BCUT2D eigenvalue weighted by Gasteiger charge is -2.27. The summed E-state index contributed by atoms with van der Waals surface area (Å²) in [5.41, 5.74) is 0.664. The fourth-order valence-corrected chi connectivity index (χ4v) is 3.91. The zero-order chi connectivity index (χ0) is 24.8. The first-order chi connectivity index (χ1) is 17.0. The van der Waals surface area contributed by atoms with Crippen LogP contribution in [-0.4, -0.2) is 41.8 Å². The molecular weight excluding hydrogens is 450 g/mol. The lowest BCUT2D eigenvalue weighted by molar-refractivity contribution is -0.384. The van der Waals surface area contributed by atoms with E-state index in [0.29, 0.717) is 30.0 Å². The molecule has 2 amide bonds. The molecule has 1 aromatic heterocycles. The number of methoxy groups -OCH3 is 1. The number of benzene rings is 2. The maximum absolute atomic E-state index is 13.3. The third kappa shape index (κ3) is 5.57. The topological polar surface area (TPSA) is 115 Å². The standard InChI is InChI=1S/C26H25N3O6/c1-34-19-11-9-18(10-12-19)25(30)27-22(26(31)28-15-5-2-6-16-28)17-20-13-14-24(35-20)21-7-3-4-8-23(21)29(32)33/h3-4,7-14,17H,2,5-6,15-16H2,1H3,(H,27,30)/b22-17-. The highest BCUT2D eigenvalue weighted by molar-refractivity contribution is 6.05. The lowest BCUT2D eigenvalue weighted by Crippen LogP contribution is -2.41. The zero-order valence-electron chi connectivity index (χ0n) is 19.2. The van der Waals surface area contributed by atoms with E-state index in [2.05, 4.69) is 5.32 Å². The van der Waals surface area contributed by atoms with Gasteiger partial charge in [-0.3, -0.25) is 19.7 Å². The number of hydrogen-bond donors (Lipinski definition) is 1. The molecule has 35 heavy (non-hydrogen) atoms. The first-order valence-electron chi connectivity index (χ1n) is 11.3. The van der Waals surface area contributed by atoms with Crippen molar-refractivity contribution in [2.75, 3.05) is 20.2 Å². The molecule has 3 aromatic rings. The fourth-order valence-electron chi connectivity index (χ4n) is 3.91. The minimum absolute atomic E-state index is 0.0659. The third-order valence-corrected chi connectivity index (χ3v) is 5.75. The second-order valence-corrected chi connectivity index (χ2v) is 8.07. The van der Waals surface area contributed by atoms with Gasteiger partial charge in [0.1, 0.15) is 23.0 Å². The summed E-state index contributed by atoms with van der Waals surface area (Å²) < 4.78 is 11.0. The molecule has 4 rings (SSSR count). The van der Waals surface area contributed by atoms with Gasteiger partial charge < -0.3 is 19.4 Å². The molecule has 0 aliphatic carbocycles. The van der Waals surface area contributed by atoms with Crippen molar-refractivity contribution in [2.45, 2.75) is 19.3 Å². The van der Waals surface area contributed by atoms with Crippen LogP contribution >= 0.6 is 0 Å². The molecule has 2 aromatic carbocycles. The van der Waals surface area contributed by atoms with E-state index < -0.39 is 10.8 Å². The smallest absolute Gasteiger partial charge is 0.280 e. The van der Waals surface area contributed by atoms with Gasteiger partial charge in [0, 0.05) is 30.8 Å². The Morgan fingerprint density at radius 3 is 2.43 bits per heavy atom. The predicted molar refractivity (Wildman–Crippen MR) is 130 cm³/mol. The summed E-state index contributed by atoms with van der Waals surface area (Å²) in [6.45, 7) is 1.21. The van der Waals surface area contributed by atoms with Gasteiger partial charge >= 0.3 is 0 Å². The average molecular weight is 476 g/mol. The van der Waals surface area contributed by atoms with Crippen LogP contribution in [0.3, 0.4) is 0 Å². The molecule has 0 radical (unpaired) electrons. The summed E-state index contributed by atoms with van der Waals surface area (Å²) >= 11 is 0. The highest BCUT2D eigenvalue weighted by atomic mass is 16.6. The Morgan fingerprint density at radius 1 is 1.03 bits per heavy atom. The number of carbonyl (C=O) groups is 2. The van der Waals surface area contributed by atoms with Gasteiger partial charge in [0.15, 0.2) is 0 Å². The number of nitro groups is 1. The van der Waals surface area contributed by atoms with Crippen molar-refractivity contribution in [1.82, 2.24) is 10.2 Å². The van der Waals surface area contributed by atoms with Crippen LogP contribution in [0.5, 0.6) is 5.75 Å². The molecule has 180 valence electrons. The maximum atomic E-state index is 13.3. The van der Waals surface area contributed by atoms with Gasteiger partial charge in [0.25, 0.3) is 17.5 Å². The number of piperidine rings is 1. The van der Waals surface area contributed by atoms with Gasteiger partial charge in [-0.2, -0.15) is 0 Å². The van der Waals surface area contributed by atoms with E-state index in [1.54, 1.807) is 59.5 Å². The molecule has 0 bridgehead atoms. The highest BCUT2D eigenvalue weighted by Gasteiger charge is 2.23. The monoisotopic (exact) mass is 475 g/mol. The number of amides is 2. The van der Waals surface area contributed by atoms with Crippen LogP contribution in [0.2, 0.25) is 0 Å². The van der Waals surface area contributed by atoms with E-state index in [1.807, 2.05) is 0 Å². The number of nitrogens with zero attached hydrogens (tertiary/aromatic N) is 2. The molecule has 0 unspecified atom stereocenters. The molecular formula is C26H25N3O6. The summed E-state index contributed by atoms with van der Waals surface area (Å²) in [4.78, 5) is 38.8. The Hall–Kier alpha value is -4.40. The van der Waals surface area contributed by atoms with Crippen molar-refractivity contribution in [3.8, 4) is 17.1 Å². The van der Waals surface area contributed by atoms with Crippen molar-refractivity contribution in [3.05, 3.63) is 87.8 Å². The molecule has 0 saturated carbocycles. The van der Waals surface area contributed by atoms with E-state index in [0.717, 1.165) is 19.3 Å². The lowest BCUT2D eigenvalue weighted by atomic mass is 10.1. The third-order valence-electron chi connectivity index (χ3n) is 5.75. The molecule has 1 fully saturated rings. The number of likely N-dealkylation sites (tertiary alicyclic amines) is 1. The van der Waals surface area contributed by atoms with Gasteiger partial charge in [-0.1, -0.05) is 12.1 Å². The second-order valence-electron chi connectivity index (χ2n) is 8.07. The Kier molecular flexibility index (Phi) is 7.25. The number of nitro benzene ring substituents is 1. The van der Waals surface area contributed by atoms with Crippen molar-refractivity contribution < 1.29 is 23.7 Å². The molecule has 2 heterocycles. The highest BCUT2D eigenvalue weighted by Crippen LogP contribution is 2.31. The van der Waals surface area contributed by atoms with Gasteiger partial charge in [-0.25, -0.2) is 0 Å². The number of nitrogens with one attached hydrogen (secondary N) is 1. The van der Waals surface area contributed by atoms with Crippen LogP contribution in [-0.2, 0) is 4.79 Å². The number of para-hydroxylation sites is 1. The van der Waals surface area contributed by atoms with Crippen molar-refractivity contribution in [1.29, 1.82) is 0 Å². The summed E-state index contributed by atoms with van der Waals surface area (Å²) in [5, 5.41) is 14.1. The van der Waals surface area contributed by atoms with Crippen LogP contribution in [0, 0.1) is 10.1 Å². The Labute approximate surface area is 202 Å². The average Bonchev–Trinajstić information content (AvgIpc) is 3.36. The molecule has 0 atom stereocenters. The number of rotatable bonds is 7. The number of furan rings is 1. The van der Waals surface area contributed by atoms with E-state index in [4.69, 9.17) is 9.15 Å². The molecule has 1 N–H and O–H groups in total. The quantitative estimate of drug-likeness (QED) is 0.302. The number of ether oxygens (including phenoxy) is 1. The first-order valence-corrected chi connectivity index (χ1v) is 11.3. The van der Waals surface area contributed by atoms with Crippen molar-refractivity contribution in [2.24, 2.45) is 0 Å². The second kappa shape index (κ2) is 10.7. The molecule has 9 heteroatoms. The Morgan fingerprint density at radius 2 is 1.74 bits per heavy atom. The first kappa shape index (κ1) is 23.7. The van der Waals surface area contributed by atoms with Gasteiger partial charge in [0.05, 0.1) is 17.6 Å². The zero-order valence-corrected chi connectivity index (χ0v) is 19.2. The van der Waals surface area contributed by atoms with E-state index >= 15 is 0 Å². The summed E-state index contributed by atoms with van der Waals surface area (Å²) in [6, 6.07) is 16.0.